The third kappa shape index (κ3) is 3.31. The summed E-state index contributed by atoms with van der Waals surface area (Å²) < 4.78 is 28.6. The van der Waals surface area contributed by atoms with Gasteiger partial charge < -0.3 is 0 Å². The van der Waals surface area contributed by atoms with E-state index in [1.54, 1.807) is 39.9 Å². The van der Waals surface area contributed by atoms with Gasteiger partial charge in [0.15, 0.2) is 0 Å². The first kappa shape index (κ1) is 17.0. The second-order valence-electron chi connectivity index (χ2n) is 6.18. The van der Waals surface area contributed by atoms with Crippen molar-refractivity contribution in [1.82, 2.24) is 9.29 Å². The molecule has 0 bridgehead atoms. The van der Waals surface area contributed by atoms with Gasteiger partial charge in [-0.1, -0.05) is 23.7 Å². The highest BCUT2D eigenvalue weighted by Gasteiger charge is 2.32. The summed E-state index contributed by atoms with van der Waals surface area (Å²) in [4.78, 5) is 5.01. The van der Waals surface area contributed by atoms with Gasteiger partial charge in [-0.2, -0.15) is 4.31 Å². The second-order valence-corrected chi connectivity index (χ2v) is 9.61. The normalized spacial score (nSPS) is 19.3. The van der Waals surface area contributed by atoms with E-state index in [4.69, 9.17) is 16.6 Å². The molecular weight excluding hydrogens is 376 g/mol. The van der Waals surface area contributed by atoms with E-state index in [9.17, 15) is 8.42 Å². The number of piperidine rings is 1. The molecule has 2 aromatic carbocycles. The van der Waals surface area contributed by atoms with E-state index in [0.717, 1.165) is 28.1 Å². The lowest BCUT2D eigenvalue weighted by atomic mass is 10.0. The van der Waals surface area contributed by atoms with Crippen LogP contribution in [0.5, 0.6) is 0 Å². The third-order valence-electron chi connectivity index (χ3n) is 4.50. The van der Waals surface area contributed by atoms with Gasteiger partial charge in [0.25, 0.3) is 0 Å². The van der Waals surface area contributed by atoms with Crippen molar-refractivity contribution in [2.45, 2.75) is 23.7 Å². The molecule has 4 rings (SSSR count). The largest absolute Gasteiger partial charge is 0.243 e. The van der Waals surface area contributed by atoms with Gasteiger partial charge in [-0.05, 0) is 49.2 Å². The van der Waals surface area contributed by atoms with Gasteiger partial charge in [0.1, 0.15) is 0 Å². The molecule has 0 spiro atoms. The quantitative estimate of drug-likeness (QED) is 0.658. The minimum absolute atomic E-state index is 0.147. The number of sulfonamides is 1. The lowest BCUT2D eigenvalue weighted by molar-refractivity contribution is 0.315. The SMILES string of the molecule is O=S(=O)(c1ccc(Cl)cc1)N1CCCC(c2nc3ccccc3s2)C1. The molecule has 0 aliphatic carbocycles. The smallest absolute Gasteiger partial charge is 0.241 e. The number of para-hydroxylation sites is 1. The number of hydrogen-bond acceptors (Lipinski definition) is 4. The van der Waals surface area contributed by atoms with Crippen LogP contribution in [0.15, 0.2) is 53.4 Å². The molecule has 0 N–H and O–H groups in total. The zero-order valence-electron chi connectivity index (χ0n) is 13.4. The summed E-state index contributed by atoms with van der Waals surface area (Å²) in [6, 6.07) is 14.4. The monoisotopic (exact) mass is 392 g/mol. The molecule has 1 aliphatic heterocycles. The van der Waals surface area contributed by atoms with Crippen molar-refractivity contribution >= 4 is 43.2 Å². The second kappa shape index (κ2) is 6.68. The predicted molar refractivity (Wildman–Crippen MR) is 102 cm³/mol. The zero-order chi connectivity index (χ0) is 17.4. The molecule has 0 saturated carbocycles. The summed E-state index contributed by atoms with van der Waals surface area (Å²) in [7, 11) is -3.50. The number of hydrogen-bond donors (Lipinski definition) is 0. The number of aromatic nitrogens is 1. The van der Waals surface area contributed by atoms with Crippen LogP contribution in [-0.2, 0) is 10.0 Å². The Morgan fingerprint density at radius 3 is 2.64 bits per heavy atom. The van der Waals surface area contributed by atoms with Crippen LogP contribution in [-0.4, -0.2) is 30.8 Å². The fraction of sp³-hybridized carbons (Fsp3) is 0.278. The number of thiazole rings is 1. The van der Waals surface area contributed by atoms with E-state index in [2.05, 4.69) is 6.07 Å². The molecule has 0 amide bonds. The molecule has 130 valence electrons. The van der Waals surface area contributed by atoms with Crippen molar-refractivity contribution < 1.29 is 8.42 Å². The van der Waals surface area contributed by atoms with Crippen LogP contribution >= 0.6 is 22.9 Å². The Balaban J connectivity index is 1.61. The predicted octanol–water partition coefficient (Wildman–Crippen LogP) is 4.52. The number of benzene rings is 2. The van der Waals surface area contributed by atoms with E-state index >= 15 is 0 Å². The van der Waals surface area contributed by atoms with Gasteiger partial charge in [0.05, 0.1) is 20.1 Å². The Hall–Kier alpha value is -1.47. The van der Waals surface area contributed by atoms with Crippen LogP contribution in [0.4, 0.5) is 0 Å². The highest BCUT2D eigenvalue weighted by Crippen LogP contribution is 2.34. The molecule has 4 nitrogen and oxygen atoms in total. The highest BCUT2D eigenvalue weighted by atomic mass is 35.5. The summed E-state index contributed by atoms with van der Waals surface area (Å²) in [6.07, 6.45) is 1.81. The first-order chi connectivity index (χ1) is 12.0. The van der Waals surface area contributed by atoms with Crippen molar-refractivity contribution in [2.75, 3.05) is 13.1 Å². The molecule has 1 aliphatic rings. The van der Waals surface area contributed by atoms with Gasteiger partial charge in [0.2, 0.25) is 10.0 Å². The first-order valence-electron chi connectivity index (χ1n) is 8.15. The lowest BCUT2D eigenvalue weighted by Crippen LogP contribution is -2.39. The molecule has 0 radical (unpaired) electrons. The van der Waals surface area contributed by atoms with Gasteiger partial charge >= 0.3 is 0 Å². The first-order valence-corrected chi connectivity index (χ1v) is 10.8. The van der Waals surface area contributed by atoms with Gasteiger partial charge in [0, 0.05) is 24.0 Å². The minimum Gasteiger partial charge on any atom is -0.241 e. The van der Waals surface area contributed by atoms with Crippen molar-refractivity contribution in [2.24, 2.45) is 0 Å². The molecule has 2 heterocycles. The zero-order valence-corrected chi connectivity index (χ0v) is 15.8. The van der Waals surface area contributed by atoms with Crippen molar-refractivity contribution in [1.29, 1.82) is 0 Å². The number of rotatable bonds is 3. The molecular formula is C18H17ClN2O2S2. The van der Waals surface area contributed by atoms with Gasteiger partial charge in [-0.25, -0.2) is 13.4 Å². The van der Waals surface area contributed by atoms with E-state index in [1.165, 1.54) is 0 Å². The third-order valence-corrected chi connectivity index (χ3v) is 7.83. The van der Waals surface area contributed by atoms with Crippen molar-refractivity contribution in [3.05, 3.63) is 58.6 Å². The Kier molecular flexibility index (Phi) is 4.54. The summed E-state index contributed by atoms with van der Waals surface area (Å²) in [6.45, 7) is 1.02. The van der Waals surface area contributed by atoms with Crippen LogP contribution in [0.1, 0.15) is 23.8 Å². The maximum atomic E-state index is 12.9. The van der Waals surface area contributed by atoms with Gasteiger partial charge in [-0.3, -0.25) is 0 Å². The molecule has 1 saturated heterocycles. The number of fused-ring (bicyclic) bond motifs is 1. The highest BCUT2D eigenvalue weighted by molar-refractivity contribution is 7.89. The fourth-order valence-electron chi connectivity index (χ4n) is 3.18. The Labute approximate surface area is 156 Å². The molecule has 7 heteroatoms. The Bertz CT molecular complexity index is 966. The van der Waals surface area contributed by atoms with E-state index in [1.807, 2.05) is 18.2 Å². The molecule has 1 unspecified atom stereocenters. The number of halogens is 1. The van der Waals surface area contributed by atoms with E-state index < -0.39 is 10.0 Å². The summed E-state index contributed by atoms with van der Waals surface area (Å²) in [5.74, 6) is 0.147. The van der Waals surface area contributed by atoms with Crippen LogP contribution in [0.3, 0.4) is 0 Å². The van der Waals surface area contributed by atoms with Gasteiger partial charge in [-0.15, -0.1) is 11.3 Å². The molecule has 1 aromatic heterocycles. The average molecular weight is 393 g/mol. The molecule has 25 heavy (non-hydrogen) atoms. The van der Waals surface area contributed by atoms with Crippen LogP contribution in [0.2, 0.25) is 5.02 Å². The maximum absolute atomic E-state index is 12.9. The topological polar surface area (TPSA) is 50.3 Å². The van der Waals surface area contributed by atoms with E-state index in [-0.39, 0.29) is 5.92 Å². The molecule has 3 aromatic rings. The summed E-state index contributed by atoms with van der Waals surface area (Å²) in [5, 5.41) is 1.56. The Morgan fingerprint density at radius 1 is 1.12 bits per heavy atom. The number of nitrogens with zero attached hydrogens (tertiary/aromatic N) is 2. The van der Waals surface area contributed by atoms with Crippen molar-refractivity contribution in [3.8, 4) is 0 Å². The Morgan fingerprint density at radius 2 is 1.88 bits per heavy atom. The minimum atomic E-state index is -3.50. The van der Waals surface area contributed by atoms with Crippen molar-refractivity contribution in [3.63, 3.8) is 0 Å². The van der Waals surface area contributed by atoms with Crippen LogP contribution in [0.25, 0.3) is 10.2 Å². The maximum Gasteiger partial charge on any atom is 0.243 e. The summed E-state index contributed by atoms with van der Waals surface area (Å²) >= 11 is 7.54. The molecule has 1 atom stereocenters. The van der Waals surface area contributed by atoms with E-state index in [0.29, 0.717) is 23.0 Å². The summed E-state index contributed by atoms with van der Waals surface area (Å²) in [5.41, 5.74) is 0.986. The lowest BCUT2D eigenvalue weighted by Gasteiger charge is -2.31. The average Bonchev–Trinajstić information content (AvgIpc) is 3.06. The van der Waals surface area contributed by atoms with Crippen LogP contribution < -0.4 is 0 Å². The standard InChI is InChI=1S/C18H17ClN2O2S2/c19-14-7-9-15(10-8-14)25(22,23)21-11-3-4-13(12-21)18-20-16-5-1-2-6-17(16)24-18/h1-2,5-10,13H,3-4,11-12H2. The van der Waals surface area contributed by atoms with Crippen LogP contribution in [0, 0.1) is 0 Å². The fourth-order valence-corrected chi connectivity index (χ4v) is 5.93. The molecule has 1 fully saturated rings.